The summed E-state index contributed by atoms with van der Waals surface area (Å²) in [7, 11) is 0. The van der Waals surface area contributed by atoms with Crippen molar-refractivity contribution in [1.82, 2.24) is 5.32 Å². The van der Waals surface area contributed by atoms with Crippen molar-refractivity contribution in [2.24, 2.45) is 0 Å². The van der Waals surface area contributed by atoms with Crippen molar-refractivity contribution in [3.8, 4) is 6.07 Å². The third-order valence-electron chi connectivity index (χ3n) is 2.69. The lowest BCUT2D eigenvalue weighted by Gasteiger charge is -2.12. The molecule has 1 aromatic heterocycles. The van der Waals surface area contributed by atoms with Crippen molar-refractivity contribution in [1.29, 1.82) is 5.26 Å². The van der Waals surface area contributed by atoms with Crippen molar-refractivity contribution in [2.75, 3.05) is 0 Å². The Bertz CT molecular complexity index is 571. The van der Waals surface area contributed by atoms with Gasteiger partial charge in [-0.25, -0.2) is 0 Å². The summed E-state index contributed by atoms with van der Waals surface area (Å²) >= 11 is 5.21. The van der Waals surface area contributed by atoms with Crippen LogP contribution in [0.3, 0.4) is 0 Å². The molecule has 2 rings (SSSR count). The van der Waals surface area contributed by atoms with Gasteiger partial charge < -0.3 is 5.32 Å². The molecule has 1 unspecified atom stereocenters. The van der Waals surface area contributed by atoms with Crippen LogP contribution in [-0.2, 0) is 6.54 Å². The Morgan fingerprint density at radius 2 is 2.22 bits per heavy atom. The van der Waals surface area contributed by atoms with Crippen LogP contribution in [0, 0.1) is 11.3 Å². The summed E-state index contributed by atoms with van der Waals surface area (Å²) in [5, 5.41) is 12.3. The van der Waals surface area contributed by atoms with Crippen LogP contribution in [0.1, 0.15) is 29.0 Å². The second-order valence-electron chi connectivity index (χ2n) is 4.06. The Morgan fingerprint density at radius 1 is 1.39 bits per heavy atom. The Hall–Kier alpha value is -1.15. The molecule has 0 aliphatic carbocycles. The number of hydrogen-bond donors (Lipinski definition) is 1. The minimum atomic E-state index is 0.312. The van der Waals surface area contributed by atoms with E-state index in [1.807, 2.05) is 24.3 Å². The molecule has 4 heteroatoms. The average Bonchev–Trinajstić information content (AvgIpc) is 2.83. The molecule has 0 aliphatic rings. The fourth-order valence-electron chi connectivity index (χ4n) is 1.68. The van der Waals surface area contributed by atoms with Gasteiger partial charge in [0, 0.05) is 17.5 Å². The van der Waals surface area contributed by atoms with E-state index in [0.717, 1.165) is 15.9 Å². The van der Waals surface area contributed by atoms with Gasteiger partial charge in [-0.05, 0) is 52.7 Å². The molecule has 1 heterocycles. The molecule has 0 saturated heterocycles. The molecule has 0 amide bonds. The zero-order valence-electron chi connectivity index (χ0n) is 9.98. The number of halogens is 1. The summed E-state index contributed by atoms with van der Waals surface area (Å²) in [6.45, 7) is 2.92. The molecule has 18 heavy (non-hydrogen) atoms. The highest BCUT2D eigenvalue weighted by atomic mass is 79.9. The number of rotatable bonds is 4. The van der Waals surface area contributed by atoms with Crippen molar-refractivity contribution in [3.63, 3.8) is 0 Å². The fourth-order valence-corrected chi connectivity index (χ4v) is 3.13. The van der Waals surface area contributed by atoms with E-state index in [-0.39, 0.29) is 0 Å². The van der Waals surface area contributed by atoms with Crippen LogP contribution in [0.25, 0.3) is 0 Å². The second kappa shape index (κ2) is 6.14. The first-order valence-electron chi connectivity index (χ1n) is 5.66. The molecule has 0 spiro atoms. The van der Waals surface area contributed by atoms with E-state index >= 15 is 0 Å². The SMILES string of the molecule is CC(NCc1cccc(C#N)c1)c1ccc(Br)s1. The number of hydrogen-bond acceptors (Lipinski definition) is 3. The molecule has 0 aliphatic heterocycles. The molecule has 92 valence electrons. The van der Waals surface area contributed by atoms with Crippen LogP contribution in [0.2, 0.25) is 0 Å². The number of nitrogens with one attached hydrogen (secondary N) is 1. The van der Waals surface area contributed by atoms with Gasteiger partial charge >= 0.3 is 0 Å². The summed E-state index contributed by atoms with van der Waals surface area (Å²) in [5.74, 6) is 0. The maximum atomic E-state index is 8.85. The van der Waals surface area contributed by atoms with Gasteiger partial charge in [-0.1, -0.05) is 12.1 Å². The smallest absolute Gasteiger partial charge is 0.0991 e. The lowest BCUT2D eigenvalue weighted by molar-refractivity contribution is 0.583. The molecule has 0 saturated carbocycles. The Balaban J connectivity index is 1.97. The maximum absolute atomic E-state index is 8.85. The van der Waals surface area contributed by atoms with Gasteiger partial charge in [-0.2, -0.15) is 5.26 Å². The summed E-state index contributed by atoms with van der Waals surface area (Å²) in [6.07, 6.45) is 0. The van der Waals surface area contributed by atoms with Crippen LogP contribution in [-0.4, -0.2) is 0 Å². The predicted octanol–water partition coefficient (Wildman–Crippen LogP) is 4.23. The van der Waals surface area contributed by atoms with Gasteiger partial charge in [-0.15, -0.1) is 11.3 Å². The highest BCUT2D eigenvalue weighted by molar-refractivity contribution is 9.11. The van der Waals surface area contributed by atoms with E-state index < -0.39 is 0 Å². The van der Waals surface area contributed by atoms with E-state index in [9.17, 15) is 0 Å². The first-order chi connectivity index (χ1) is 8.69. The lowest BCUT2D eigenvalue weighted by Crippen LogP contribution is -2.17. The van der Waals surface area contributed by atoms with E-state index in [1.165, 1.54) is 4.88 Å². The zero-order valence-corrected chi connectivity index (χ0v) is 12.4. The first kappa shape index (κ1) is 13.3. The summed E-state index contributed by atoms with van der Waals surface area (Å²) < 4.78 is 1.15. The number of benzene rings is 1. The van der Waals surface area contributed by atoms with Gasteiger partial charge in [0.1, 0.15) is 0 Å². The van der Waals surface area contributed by atoms with Crippen LogP contribution in [0.5, 0.6) is 0 Å². The van der Waals surface area contributed by atoms with Gasteiger partial charge in [0.25, 0.3) is 0 Å². The molecular weight excluding hydrogens is 308 g/mol. The molecule has 2 aromatic rings. The van der Waals surface area contributed by atoms with Gasteiger partial charge in [-0.3, -0.25) is 0 Å². The Morgan fingerprint density at radius 3 is 2.89 bits per heavy atom. The highest BCUT2D eigenvalue weighted by Gasteiger charge is 2.07. The van der Waals surface area contributed by atoms with Crippen molar-refractivity contribution in [2.45, 2.75) is 19.5 Å². The monoisotopic (exact) mass is 320 g/mol. The second-order valence-corrected chi connectivity index (χ2v) is 6.55. The molecule has 1 atom stereocenters. The van der Waals surface area contributed by atoms with E-state index in [2.05, 4.69) is 46.4 Å². The molecule has 1 aromatic carbocycles. The van der Waals surface area contributed by atoms with Gasteiger partial charge in [0.2, 0.25) is 0 Å². The van der Waals surface area contributed by atoms with Gasteiger partial charge in [0.05, 0.1) is 15.4 Å². The van der Waals surface area contributed by atoms with Crippen LogP contribution in [0.15, 0.2) is 40.2 Å². The molecular formula is C14H13BrN2S. The van der Waals surface area contributed by atoms with E-state index in [0.29, 0.717) is 11.6 Å². The number of nitriles is 1. The highest BCUT2D eigenvalue weighted by Crippen LogP contribution is 2.27. The van der Waals surface area contributed by atoms with Crippen molar-refractivity contribution in [3.05, 3.63) is 56.2 Å². The third-order valence-corrected chi connectivity index (χ3v) is 4.50. The maximum Gasteiger partial charge on any atom is 0.0991 e. The normalized spacial score (nSPS) is 12.1. The quantitative estimate of drug-likeness (QED) is 0.914. The fraction of sp³-hybridized carbons (Fsp3) is 0.214. The summed E-state index contributed by atoms with van der Waals surface area (Å²) in [6, 6.07) is 14.4. The third kappa shape index (κ3) is 3.42. The van der Waals surface area contributed by atoms with Crippen molar-refractivity contribution < 1.29 is 0 Å². The molecule has 0 fully saturated rings. The molecule has 1 N–H and O–H groups in total. The minimum absolute atomic E-state index is 0.312. The Kier molecular flexibility index (Phi) is 4.54. The predicted molar refractivity (Wildman–Crippen MR) is 78.4 cm³/mol. The summed E-state index contributed by atoms with van der Waals surface area (Å²) in [5.41, 5.74) is 1.84. The minimum Gasteiger partial charge on any atom is -0.305 e. The topological polar surface area (TPSA) is 35.8 Å². The molecule has 0 radical (unpaired) electrons. The summed E-state index contributed by atoms with van der Waals surface area (Å²) in [4.78, 5) is 1.30. The Labute approximate surface area is 119 Å². The molecule has 0 bridgehead atoms. The first-order valence-corrected chi connectivity index (χ1v) is 7.27. The lowest BCUT2D eigenvalue weighted by atomic mass is 10.1. The van der Waals surface area contributed by atoms with Crippen LogP contribution in [0.4, 0.5) is 0 Å². The van der Waals surface area contributed by atoms with Crippen LogP contribution < -0.4 is 5.32 Å². The average molecular weight is 321 g/mol. The van der Waals surface area contributed by atoms with E-state index in [4.69, 9.17) is 5.26 Å². The zero-order chi connectivity index (χ0) is 13.0. The van der Waals surface area contributed by atoms with E-state index in [1.54, 1.807) is 11.3 Å². The van der Waals surface area contributed by atoms with Gasteiger partial charge in [0.15, 0.2) is 0 Å². The number of thiophene rings is 1. The van der Waals surface area contributed by atoms with Crippen molar-refractivity contribution >= 4 is 27.3 Å². The number of nitrogens with zero attached hydrogens (tertiary/aromatic N) is 1. The van der Waals surface area contributed by atoms with Crippen LogP contribution >= 0.6 is 27.3 Å². The largest absolute Gasteiger partial charge is 0.305 e. The molecule has 2 nitrogen and oxygen atoms in total. The standard InChI is InChI=1S/C14H13BrN2S/c1-10(13-5-6-14(15)18-13)17-9-12-4-2-3-11(7-12)8-16/h2-7,10,17H,9H2,1H3.